The number of carboxylic acids is 1. The van der Waals surface area contributed by atoms with Gasteiger partial charge in [-0.05, 0) is 31.2 Å². The second-order valence-electron chi connectivity index (χ2n) is 7.83. The number of aromatic amines is 1. The number of nitrogens with one attached hydrogen (secondary N) is 1. The lowest BCUT2D eigenvalue weighted by Crippen LogP contribution is -2.46. The normalized spacial score (nSPS) is 27.8. The van der Waals surface area contributed by atoms with Gasteiger partial charge in [0.2, 0.25) is 0 Å². The number of carboxylic acid groups (broad SMARTS) is 1. The Morgan fingerprint density at radius 3 is 2.61 bits per heavy atom. The maximum atomic E-state index is 12.9. The zero-order chi connectivity index (χ0) is 16.8. The van der Waals surface area contributed by atoms with E-state index in [9.17, 15) is 14.7 Å². The lowest BCUT2D eigenvalue weighted by Gasteiger charge is -2.32. The van der Waals surface area contributed by atoms with Crippen LogP contribution in [0.1, 0.15) is 69.1 Å². The highest BCUT2D eigenvalue weighted by atomic mass is 16.4. The summed E-state index contributed by atoms with van der Waals surface area (Å²) in [5.74, 6) is -0.840. The van der Waals surface area contributed by atoms with Crippen LogP contribution in [0, 0.1) is 5.92 Å². The van der Waals surface area contributed by atoms with Crippen LogP contribution in [0.4, 0.5) is 0 Å². The van der Waals surface area contributed by atoms with E-state index in [1.54, 1.807) is 11.0 Å². The van der Waals surface area contributed by atoms with E-state index in [1.165, 1.54) is 0 Å². The Morgan fingerprint density at radius 1 is 1.30 bits per heavy atom. The Bertz CT molecular complexity index is 617. The van der Waals surface area contributed by atoms with Crippen molar-refractivity contribution in [3.8, 4) is 0 Å². The van der Waals surface area contributed by atoms with Gasteiger partial charge in [0.05, 0.1) is 0 Å². The minimum atomic E-state index is -0.903. The molecule has 3 rings (SSSR count). The van der Waals surface area contributed by atoms with E-state index in [0.29, 0.717) is 18.0 Å². The molecule has 3 unspecified atom stereocenters. The number of rotatable bonds is 2. The van der Waals surface area contributed by atoms with Gasteiger partial charge in [0.25, 0.3) is 5.91 Å². The first kappa shape index (κ1) is 16.0. The molecule has 0 radical (unpaired) electrons. The van der Waals surface area contributed by atoms with Crippen molar-refractivity contribution in [2.45, 2.75) is 70.4 Å². The monoisotopic (exact) mass is 319 g/mol. The van der Waals surface area contributed by atoms with Gasteiger partial charge >= 0.3 is 5.97 Å². The Hall–Kier alpha value is -1.85. The minimum Gasteiger partial charge on any atom is -0.480 e. The molecule has 2 N–H and O–H groups in total. The van der Waals surface area contributed by atoms with Crippen molar-refractivity contribution in [2.75, 3.05) is 0 Å². The third-order valence-corrected chi connectivity index (χ3v) is 5.21. The second-order valence-corrected chi connectivity index (χ2v) is 7.83. The average Bonchev–Trinajstić information content (AvgIpc) is 3.11. The molecule has 23 heavy (non-hydrogen) atoms. The van der Waals surface area contributed by atoms with Crippen LogP contribution >= 0.6 is 0 Å². The van der Waals surface area contributed by atoms with E-state index in [0.717, 1.165) is 31.4 Å². The third kappa shape index (κ3) is 2.86. The molecule has 3 atom stereocenters. The molecule has 1 amide bonds. The van der Waals surface area contributed by atoms with Gasteiger partial charge in [0, 0.05) is 17.2 Å². The van der Waals surface area contributed by atoms with E-state index >= 15 is 0 Å². The summed E-state index contributed by atoms with van der Waals surface area (Å²) in [5.41, 5.74) is 1.08. The van der Waals surface area contributed by atoms with E-state index in [4.69, 9.17) is 0 Å². The predicted octanol–water partition coefficient (Wildman–Crippen LogP) is 2.57. The molecule has 1 saturated carbocycles. The number of aliphatic carboxylic acids is 1. The molecule has 0 bridgehead atoms. The number of carbonyl (C=O) groups excluding carboxylic acids is 1. The first-order valence-electron chi connectivity index (χ1n) is 8.40. The van der Waals surface area contributed by atoms with Gasteiger partial charge in [-0.3, -0.25) is 9.89 Å². The Kier molecular flexibility index (Phi) is 3.94. The van der Waals surface area contributed by atoms with Gasteiger partial charge in [-0.1, -0.05) is 33.6 Å². The molecule has 1 aliphatic heterocycles. The summed E-state index contributed by atoms with van der Waals surface area (Å²) >= 11 is 0. The number of likely N-dealkylation sites (tertiary alicyclic amines) is 1. The van der Waals surface area contributed by atoms with Crippen LogP contribution in [0.3, 0.4) is 0 Å². The summed E-state index contributed by atoms with van der Waals surface area (Å²) in [6, 6.07) is 1.09. The van der Waals surface area contributed by atoms with Crippen LogP contribution in [-0.2, 0) is 10.2 Å². The fourth-order valence-electron chi connectivity index (χ4n) is 3.92. The van der Waals surface area contributed by atoms with Crippen LogP contribution < -0.4 is 0 Å². The molecule has 6 nitrogen and oxygen atoms in total. The highest BCUT2D eigenvalue weighted by molar-refractivity contribution is 5.95. The number of fused-ring (bicyclic) bond motifs is 1. The zero-order valence-corrected chi connectivity index (χ0v) is 14.0. The minimum absolute atomic E-state index is 0.0483. The SMILES string of the molecule is CC(C)(C)c1cc(C(=O)N2C(C(=O)O)CC3CCCCC32)n[nH]1. The Labute approximate surface area is 136 Å². The molecular formula is C17H25N3O3. The largest absolute Gasteiger partial charge is 0.480 e. The highest BCUT2D eigenvalue weighted by Gasteiger charge is 2.48. The highest BCUT2D eigenvalue weighted by Crippen LogP contribution is 2.40. The number of hydrogen-bond acceptors (Lipinski definition) is 3. The number of nitrogens with zero attached hydrogens (tertiary/aromatic N) is 2. The van der Waals surface area contributed by atoms with Gasteiger partial charge in [-0.15, -0.1) is 0 Å². The quantitative estimate of drug-likeness (QED) is 0.877. The fourth-order valence-corrected chi connectivity index (χ4v) is 3.92. The van der Waals surface area contributed by atoms with Crippen molar-refractivity contribution in [3.05, 3.63) is 17.5 Å². The molecule has 126 valence electrons. The number of H-pyrrole nitrogens is 1. The standard InChI is InChI=1S/C17H25N3O3/c1-17(2,3)14-9-11(18-19-14)15(21)20-12-7-5-4-6-10(12)8-13(20)16(22)23/h9-10,12-13H,4-8H2,1-3H3,(H,18,19)(H,22,23). The number of carbonyl (C=O) groups is 2. The van der Waals surface area contributed by atoms with E-state index < -0.39 is 12.0 Å². The van der Waals surface area contributed by atoms with Gasteiger partial charge in [-0.2, -0.15) is 5.10 Å². The van der Waals surface area contributed by atoms with Crippen molar-refractivity contribution in [2.24, 2.45) is 5.92 Å². The van der Waals surface area contributed by atoms with Gasteiger partial charge < -0.3 is 10.0 Å². The summed E-state index contributed by atoms with van der Waals surface area (Å²) in [6.45, 7) is 6.13. The molecule has 1 aliphatic carbocycles. The second kappa shape index (κ2) is 5.65. The van der Waals surface area contributed by atoms with Crippen LogP contribution in [0.5, 0.6) is 0 Å². The zero-order valence-electron chi connectivity index (χ0n) is 14.0. The van der Waals surface area contributed by atoms with Crippen molar-refractivity contribution in [1.29, 1.82) is 0 Å². The van der Waals surface area contributed by atoms with Crippen LogP contribution in [0.15, 0.2) is 6.07 Å². The smallest absolute Gasteiger partial charge is 0.326 e. The van der Waals surface area contributed by atoms with Crippen molar-refractivity contribution < 1.29 is 14.7 Å². The van der Waals surface area contributed by atoms with E-state index in [2.05, 4.69) is 10.2 Å². The Morgan fingerprint density at radius 2 is 2.00 bits per heavy atom. The summed E-state index contributed by atoms with van der Waals surface area (Å²) in [4.78, 5) is 26.2. The van der Waals surface area contributed by atoms with Gasteiger partial charge in [-0.25, -0.2) is 4.79 Å². The molecule has 0 spiro atoms. The first-order chi connectivity index (χ1) is 10.8. The van der Waals surface area contributed by atoms with Crippen LogP contribution in [0.25, 0.3) is 0 Å². The van der Waals surface area contributed by atoms with Crippen molar-refractivity contribution >= 4 is 11.9 Å². The summed E-state index contributed by atoms with van der Waals surface area (Å²) in [6.07, 6.45) is 4.68. The molecule has 6 heteroatoms. The molecular weight excluding hydrogens is 294 g/mol. The molecule has 2 heterocycles. The van der Waals surface area contributed by atoms with Crippen molar-refractivity contribution in [1.82, 2.24) is 15.1 Å². The predicted molar refractivity (Wildman–Crippen MR) is 85.2 cm³/mol. The fraction of sp³-hybridized carbons (Fsp3) is 0.706. The maximum absolute atomic E-state index is 12.9. The van der Waals surface area contributed by atoms with Crippen LogP contribution in [0.2, 0.25) is 0 Å². The molecule has 1 aromatic rings. The molecule has 1 saturated heterocycles. The van der Waals surface area contributed by atoms with E-state index in [-0.39, 0.29) is 17.4 Å². The van der Waals surface area contributed by atoms with E-state index in [1.807, 2.05) is 20.8 Å². The maximum Gasteiger partial charge on any atom is 0.326 e. The van der Waals surface area contributed by atoms with Gasteiger partial charge in [0.15, 0.2) is 0 Å². The number of hydrogen-bond donors (Lipinski definition) is 2. The summed E-state index contributed by atoms with van der Waals surface area (Å²) in [5, 5.41) is 16.6. The Balaban J connectivity index is 1.89. The molecule has 1 aromatic heterocycles. The summed E-state index contributed by atoms with van der Waals surface area (Å²) < 4.78 is 0. The van der Waals surface area contributed by atoms with Crippen LogP contribution in [-0.4, -0.2) is 44.2 Å². The lowest BCUT2D eigenvalue weighted by molar-refractivity contribution is -0.141. The molecule has 0 aromatic carbocycles. The number of amides is 1. The van der Waals surface area contributed by atoms with Crippen molar-refractivity contribution in [3.63, 3.8) is 0 Å². The summed E-state index contributed by atoms with van der Waals surface area (Å²) in [7, 11) is 0. The lowest BCUT2D eigenvalue weighted by atomic mass is 9.84. The number of aromatic nitrogens is 2. The average molecular weight is 319 g/mol. The third-order valence-electron chi connectivity index (χ3n) is 5.21. The van der Waals surface area contributed by atoms with Gasteiger partial charge in [0.1, 0.15) is 11.7 Å². The molecule has 2 fully saturated rings. The topological polar surface area (TPSA) is 86.3 Å². The first-order valence-corrected chi connectivity index (χ1v) is 8.40. The molecule has 2 aliphatic rings.